The molecule has 0 aliphatic heterocycles. The number of nitrogens with zero attached hydrogens (tertiary/aromatic N) is 1. The minimum atomic E-state index is -4.47. The minimum absolute atomic E-state index is 0.0569. The van der Waals surface area contributed by atoms with Crippen LogP contribution in [-0.4, -0.2) is 11.1 Å². The van der Waals surface area contributed by atoms with Crippen LogP contribution in [0.5, 0.6) is 0 Å². The van der Waals surface area contributed by atoms with Crippen molar-refractivity contribution in [2.24, 2.45) is 5.73 Å². The Morgan fingerprint density at radius 2 is 2.07 bits per heavy atom. The summed E-state index contributed by atoms with van der Waals surface area (Å²) in [6.07, 6.45) is -3.70. The minimum Gasteiger partial charge on any atom is -0.329 e. The molecule has 0 fully saturated rings. The SMILES string of the molecule is NCCn1cc(C(F)(F)F)cc(Br)c1=O. The number of hydrogen-bond donors (Lipinski definition) is 1. The molecule has 1 heterocycles. The van der Waals surface area contributed by atoms with Gasteiger partial charge in [0, 0.05) is 19.3 Å². The van der Waals surface area contributed by atoms with Gasteiger partial charge in [0.2, 0.25) is 0 Å². The second-order valence-electron chi connectivity index (χ2n) is 2.86. The highest BCUT2D eigenvalue weighted by molar-refractivity contribution is 9.10. The molecule has 0 radical (unpaired) electrons. The van der Waals surface area contributed by atoms with Crippen LogP contribution in [0.1, 0.15) is 5.56 Å². The van der Waals surface area contributed by atoms with Crippen molar-refractivity contribution in [3.05, 3.63) is 32.7 Å². The van der Waals surface area contributed by atoms with Gasteiger partial charge in [0.15, 0.2) is 0 Å². The molecule has 7 heteroatoms. The van der Waals surface area contributed by atoms with E-state index in [1.165, 1.54) is 0 Å². The fourth-order valence-corrected chi connectivity index (χ4v) is 1.53. The van der Waals surface area contributed by atoms with Crippen LogP contribution < -0.4 is 11.3 Å². The van der Waals surface area contributed by atoms with E-state index in [1.807, 2.05) is 0 Å². The lowest BCUT2D eigenvalue weighted by atomic mass is 10.3. The molecule has 0 saturated carbocycles. The van der Waals surface area contributed by atoms with Gasteiger partial charge in [-0.2, -0.15) is 13.2 Å². The van der Waals surface area contributed by atoms with Gasteiger partial charge < -0.3 is 10.3 Å². The predicted octanol–water partition coefficient (Wildman–Crippen LogP) is 1.59. The van der Waals surface area contributed by atoms with E-state index in [0.29, 0.717) is 0 Å². The Bertz CT molecular complexity index is 413. The summed E-state index contributed by atoms with van der Waals surface area (Å²) in [7, 11) is 0. The third-order valence-electron chi connectivity index (χ3n) is 1.74. The third-order valence-corrected chi connectivity index (χ3v) is 2.31. The molecule has 1 aromatic heterocycles. The Morgan fingerprint density at radius 1 is 1.47 bits per heavy atom. The van der Waals surface area contributed by atoms with Crippen molar-refractivity contribution < 1.29 is 13.2 Å². The lowest BCUT2D eigenvalue weighted by Crippen LogP contribution is -2.26. The van der Waals surface area contributed by atoms with Gasteiger partial charge in [-0.05, 0) is 22.0 Å². The summed E-state index contributed by atoms with van der Waals surface area (Å²) in [5.74, 6) is 0. The number of aromatic nitrogens is 1. The zero-order chi connectivity index (χ0) is 11.6. The molecule has 1 rings (SSSR count). The Labute approximate surface area is 91.8 Å². The molecule has 0 atom stereocenters. The van der Waals surface area contributed by atoms with E-state index >= 15 is 0 Å². The fraction of sp³-hybridized carbons (Fsp3) is 0.375. The van der Waals surface area contributed by atoms with Crippen LogP contribution in [0.3, 0.4) is 0 Å². The van der Waals surface area contributed by atoms with Crippen LogP contribution in [0.4, 0.5) is 13.2 Å². The van der Waals surface area contributed by atoms with E-state index in [1.54, 1.807) is 0 Å². The molecule has 0 aliphatic rings. The molecule has 0 bridgehead atoms. The summed E-state index contributed by atoms with van der Waals surface area (Å²) in [4.78, 5) is 11.3. The first kappa shape index (κ1) is 12.3. The molecule has 15 heavy (non-hydrogen) atoms. The van der Waals surface area contributed by atoms with Crippen LogP contribution in [0.2, 0.25) is 0 Å². The first-order valence-electron chi connectivity index (χ1n) is 4.03. The summed E-state index contributed by atoms with van der Waals surface area (Å²) < 4.78 is 37.9. The summed E-state index contributed by atoms with van der Waals surface area (Å²) >= 11 is 2.79. The molecular formula is C8H8BrF3N2O. The highest BCUT2D eigenvalue weighted by Gasteiger charge is 2.31. The van der Waals surface area contributed by atoms with Crippen molar-refractivity contribution in [3.8, 4) is 0 Å². The van der Waals surface area contributed by atoms with Crippen molar-refractivity contribution in [1.82, 2.24) is 4.57 Å². The van der Waals surface area contributed by atoms with E-state index < -0.39 is 17.3 Å². The zero-order valence-corrected chi connectivity index (χ0v) is 9.10. The molecule has 0 spiro atoms. The maximum Gasteiger partial charge on any atom is 0.417 e. The van der Waals surface area contributed by atoms with Crippen LogP contribution in [-0.2, 0) is 12.7 Å². The second kappa shape index (κ2) is 4.36. The van der Waals surface area contributed by atoms with E-state index in [9.17, 15) is 18.0 Å². The van der Waals surface area contributed by atoms with E-state index in [4.69, 9.17) is 5.73 Å². The van der Waals surface area contributed by atoms with E-state index in [2.05, 4.69) is 15.9 Å². The molecule has 0 saturated heterocycles. The van der Waals surface area contributed by atoms with Gasteiger partial charge in [-0.3, -0.25) is 4.79 Å². The van der Waals surface area contributed by atoms with Crippen molar-refractivity contribution in [2.45, 2.75) is 12.7 Å². The van der Waals surface area contributed by atoms with Crippen molar-refractivity contribution >= 4 is 15.9 Å². The van der Waals surface area contributed by atoms with Crippen LogP contribution in [0.25, 0.3) is 0 Å². The van der Waals surface area contributed by atoms with Gasteiger partial charge in [-0.25, -0.2) is 0 Å². The van der Waals surface area contributed by atoms with Crippen molar-refractivity contribution in [2.75, 3.05) is 6.54 Å². The van der Waals surface area contributed by atoms with Gasteiger partial charge in [0.25, 0.3) is 5.56 Å². The Balaban J connectivity index is 3.30. The number of pyridine rings is 1. The van der Waals surface area contributed by atoms with Gasteiger partial charge in [-0.15, -0.1) is 0 Å². The van der Waals surface area contributed by atoms with Crippen molar-refractivity contribution in [3.63, 3.8) is 0 Å². The maximum absolute atomic E-state index is 12.4. The average Bonchev–Trinajstić information content (AvgIpc) is 2.11. The highest BCUT2D eigenvalue weighted by Crippen LogP contribution is 2.29. The largest absolute Gasteiger partial charge is 0.417 e. The van der Waals surface area contributed by atoms with E-state index in [0.717, 1.165) is 16.8 Å². The predicted molar refractivity (Wildman–Crippen MR) is 52.5 cm³/mol. The zero-order valence-electron chi connectivity index (χ0n) is 7.51. The molecule has 1 aromatic rings. The van der Waals surface area contributed by atoms with E-state index in [-0.39, 0.29) is 17.6 Å². The molecule has 3 nitrogen and oxygen atoms in total. The number of hydrogen-bond acceptors (Lipinski definition) is 2. The molecule has 0 aromatic carbocycles. The van der Waals surface area contributed by atoms with Crippen LogP contribution in [0.15, 0.2) is 21.5 Å². The highest BCUT2D eigenvalue weighted by atomic mass is 79.9. The summed E-state index contributed by atoms with van der Waals surface area (Å²) in [5, 5.41) is 0. The Hall–Kier alpha value is -0.820. The number of halogens is 4. The molecule has 0 aliphatic carbocycles. The lowest BCUT2D eigenvalue weighted by molar-refractivity contribution is -0.138. The number of rotatable bonds is 2. The number of alkyl halides is 3. The Morgan fingerprint density at radius 3 is 2.53 bits per heavy atom. The normalized spacial score (nSPS) is 11.8. The monoisotopic (exact) mass is 284 g/mol. The molecule has 84 valence electrons. The molecular weight excluding hydrogens is 277 g/mol. The summed E-state index contributed by atoms with van der Waals surface area (Å²) in [5.41, 5.74) is 3.79. The topological polar surface area (TPSA) is 48.0 Å². The first-order chi connectivity index (χ1) is 6.86. The van der Waals surface area contributed by atoms with Gasteiger partial charge in [-0.1, -0.05) is 0 Å². The van der Waals surface area contributed by atoms with Crippen molar-refractivity contribution in [1.29, 1.82) is 0 Å². The van der Waals surface area contributed by atoms with Crippen LogP contribution >= 0.6 is 15.9 Å². The summed E-state index contributed by atoms with van der Waals surface area (Å²) in [6, 6.07) is 0.759. The first-order valence-corrected chi connectivity index (χ1v) is 4.83. The standard InChI is InChI=1S/C8H8BrF3N2O/c9-6-3-5(8(10,11)12)4-14(2-1-13)7(6)15/h3-4H,1-2,13H2. The van der Waals surface area contributed by atoms with Gasteiger partial charge >= 0.3 is 6.18 Å². The van der Waals surface area contributed by atoms with Crippen LogP contribution in [0, 0.1) is 0 Å². The quantitative estimate of drug-likeness (QED) is 0.897. The average molecular weight is 285 g/mol. The van der Waals surface area contributed by atoms with Gasteiger partial charge in [0.1, 0.15) is 0 Å². The third kappa shape index (κ3) is 2.82. The molecule has 2 N–H and O–H groups in total. The summed E-state index contributed by atoms with van der Waals surface area (Å²) in [6.45, 7) is 0.162. The maximum atomic E-state index is 12.4. The molecule has 0 unspecified atom stereocenters. The fourth-order valence-electron chi connectivity index (χ4n) is 1.06. The second-order valence-corrected chi connectivity index (χ2v) is 3.72. The van der Waals surface area contributed by atoms with Gasteiger partial charge in [0.05, 0.1) is 10.0 Å². The number of nitrogens with two attached hydrogens (primary N) is 1. The Kier molecular flexibility index (Phi) is 3.56. The molecule has 0 amide bonds. The smallest absolute Gasteiger partial charge is 0.329 e. The lowest BCUT2D eigenvalue weighted by Gasteiger charge is -2.10.